The average molecular weight is 348 g/mol. The van der Waals surface area contributed by atoms with E-state index in [1.54, 1.807) is 0 Å². The molecule has 1 aromatic carbocycles. The van der Waals surface area contributed by atoms with Gasteiger partial charge in [0.05, 0.1) is 7.11 Å². The zero-order valence-corrected chi connectivity index (χ0v) is 13.3. The minimum Gasteiger partial charge on any atom is -0.493 e. The van der Waals surface area contributed by atoms with Gasteiger partial charge in [-0.3, -0.25) is 4.79 Å². The fraction of sp³-hybridized carbons (Fsp3) is 0.588. The number of rotatable bonds is 5. The van der Waals surface area contributed by atoms with E-state index in [9.17, 15) is 27.5 Å². The molecule has 1 fully saturated rings. The van der Waals surface area contributed by atoms with Gasteiger partial charge in [0.2, 0.25) is 5.60 Å². The number of ether oxygens (including phenoxy) is 1. The topological polar surface area (TPSA) is 46.5 Å². The van der Waals surface area contributed by atoms with E-state index in [2.05, 4.69) is 0 Å². The van der Waals surface area contributed by atoms with Crippen molar-refractivity contribution in [3.8, 4) is 5.75 Å². The molecule has 2 rings (SSSR count). The van der Waals surface area contributed by atoms with Crippen LogP contribution in [0.25, 0.3) is 0 Å². The summed E-state index contributed by atoms with van der Waals surface area (Å²) in [6, 6.07) is 4.07. The van der Waals surface area contributed by atoms with Crippen molar-refractivity contribution >= 4 is 6.29 Å². The van der Waals surface area contributed by atoms with Crippen LogP contribution in [0.2, 0.25) is 0 Å². The van der Waals surface area contributed by atoms with Crippen molar-refractivity contribution in [1.29, 1.82) is 0 Å². The molecule has 0 heterocycles. The largest absolute Gasteiger partial charge is 0.493 e. The highest BCUT2D eigenvalue weighted by Crippen LogP contribution is 2.50. The molecule has 0 bridgehead atoms. The maximum absolute atomic E-state index is 14.0. The van der Waals surface area contributed by atoms with Gasteiger partial charge in [-0.25, -0.2) is 4.39 Å². The number of methoxy groups -OCH3 is 1. The third-order valence-electron chi connectivity index (χ3n) is 4.85. The summed E-state index contributed by atoms with van der Waals surface area (Å²) in [4.78, 5) is 11.1. The molecule has 3 nitrogen and oxygen atoms in total. The Kier molecular flexibility index (Phi) is 5.22. The summed E-state index contributed by atoms with van der Waals surface area (Å²) in [5, 5.41) is 9.94. The fourth-order valence-corrected chi connectivity index (χ4v) is 3.63. The van der Waals surface area contributed by atoms with Crippen molar-refractivity contribution in [2.75, 3.05) is 7.11 Å². The van der Waals surface area contributed by atoms with E-state index < -0.39 is 35.7 Å². The number of halogens is 4. The number of hydrogen-bond donors (Lipinski definition) is 1. The third kappa shape index (κ3) is 3.27. The van der Waals surface area contributed by atoms with Gasteiger partial charge in [-0.05, 0) is 18.9 Å². The van der Waals surface area contributed by atoms with Gasteiger partial charge in [-0.15, -0.1) is 0 Å². The van der Waals surface area contributed by atoms with E-state index in [-0.39, 0.29) is 11.3 Å². The second-order valence-electron chi connectivity index (χ2n) is 6.38. The maximum atomic E-state index is 14.0. The van der Waals surface area contributed by atoms with E-state index in [1.807, 2.05) is 0 Å². The lowest BCUT2D eigenvalue weighted by atomic mass is 9.64. The van der Waals surface area contributed by atoms with Crippen LogP contribution in [0.3, 0.4) is 0 Å². The van der Waals surface area contributed by atoms with Crippen molar-refractivity contribution < 1.29 is 32.2 Å². The second kappa shape index (κ2) is 6.70. The zero-order chi connectivity index (χ0) is 18.0. The molecule has 0 aliphatic heterocycles. The van der Waals surface area contributed by atoms with E-state index in [1.165, 1.54) is 19.2 Å². The third-order valence-corrected chi connectivity index (χ3v) is 4.85. The Hall–Kier alpha value is -1.63. The molecular formula is C17H20F4O3. The predicted molar refractivity (Wildman–Crippen MR) is 79.4 cm³/mol. The van der Waals surface area contributed by atoms with Crippen LogP contribution in [0.15, 0.2) is 18.2 Å². The van der Waals surface area contributed by atoms with Crippen LogP contribution in [0.4, 0.5) is 17.6 Å². The lowest BCUT2D eigenvalue weighted by Gasteiger charge is -2.42. The Labute approximate surface area is 137 Å². The van der Waals surface area contributed by atoms with E-state index in [0.29, 0.717) is 25.7 Å². The summed E-state index contributed by atoms with van der Waals surface area (Å²) in [5.74, 6) is -0.809. The average Bonchev–Trinajstić information content (AvgIpc) is 2.54. The van der Waals surface area contributed by atoms with Gasteiger partial charge in [-0.1, -0.05) is 31.4 Å². The molecule has 24 heavy (non-hydrogen) atoms. The summed E-state index contributed by atoms with van der Waals surface area (Å²) in [5.41, 5.74) is -4.37. The number of benzene rings is 1. The summed E-state index contributed by atoms with van der Waals surface area (Å²) in [6.07, 6.45) is -3.66. The number of carbonyl (C=O) groups excluding carboxylic acids is 1. The first-order valence-electron chi connectivity index (χ1n) is 7.77. The molecule has 0 amide bonds. The molecular weight excluding hydrogens is 328 g/mol. The van der Waals surface area contributed by atoms with Crippen LogP contribution in [0.5, 0.6) is 5.75 Å². The van der Waals surface area contributed by atoms with Crippen molar-refractivity contribution in [2.24, 2.45) is 0 Å². The number of carbonyl (C=O) groups is 1. The number of aliphatic hydroxyl groups is 1. The Morgan fingerprint density at radius 2 is 1.88 bits per heavy atom. The lowest BCUT2D eigenvalue weighted by Crippen LogP contribution is -2.52. The molecule has 0 radical (unpaired) electrons. The summed E-state index contributed by atoms with van der Waals surface area (Å²) >= 11 is 0. The molecule has 134 valence electrons. The molecule has 1 aromatic rings. The zero-order valence-electron chi connectivity index (χ0n) is 13.3. The molecule has 7 heteroatoms. The molecule has 1 saturated carbocycles. The molecule has 0 saturated heterocycles. The Bertz CT molecular complexity index is 594. The predicted octanol–water partition coefficient (Wildman–Crippen LogP) is 3.92. The summed E-state index contributed by atoms with van der Waals surface area (Å²) in [6.45, 7) is 0. The lowest BCUT2D eigenvalue weighted by molar-refractivity contribution is -0.251. The first-order valence-corrected chi connectivity index (χ1v) is 7.77. The summed E-state index contributed by atoms with van der Waals surface area (Å²) in [7, 11) is 1.24. The quantitative estimate of drug-likeness (QED) is 0.648. The molecule has 1 N–H and O–H groups in total. The standard InChI is InChI=1S/C17H20F4O3/c1-24-14-12(6-5-7-13(14)18)15(8-3-2-4-9-15)10-16(23,11-22)17(19,20)21/h5-7,11,23H,2-4,8-10H2,1H3. The number of para-hydroxylation sites is 1. The molecule has 1 aliphatic rings. The smallest absolute Gasteiger partial charge is 0.424 e. The van der Waals surface area contributed by atoms with Crippen LogP contribution in [0, 0.1) is 5.82 Å². The van der Waals surface area contributed by atoms with Gasteiger partial charge >= 0.3 is 6.18 Å². The Morgan fingerprint density at radius 3 is 2.38 bits per heavy atom. The Balaban J connectivity index is 2.56. The number of alkyl halides is 3. The molecule has 0 aromatic heterocycles. The van der Waals surface area contributed by atoms with Gasteiger partial charge < -0.3 is 9.84 Å². The van der Waals surface area contributed by atoms with Crippen LogP contribution in [-0.2, 0) is 10.2 Å². The highest BCUT2D eigenvalue weighted by molar-refractivity contribution is 5.64. The SMILES string of the molecule is COc1c(F)cccc1C1(CC(O)(C=O)C(F)(F)F)CCCCC1. The van der Waals surface area contributed by atoms with Gasteiger partial charge in [0.15, 0.2) is 17.9 Å². The highest BCUT2D eigenvalue weighted by Gasteiger charge is 2.58. The summed E-state index contributed by atoms with van der Waals surface area (Å²) < 4.78 is 58.8. The van der Waals surface area contributed by atoms with Gasteiger partial charge in [0, 0.05) is 17.4 Å². The second-order valence-corrected chi connectivity index (χ2v) is 6.38. The first-order chi connectivity index (χ1) is 11.2. The first kappa shape index (κ1) is 18.7. The van der Waals surface area contributed by atoms with E-state index in [0.717, 1.165) is 12.5 Å². The minimum atomic E-state index is -5.10. The number of hydrogen-bond acceptors (Lipinski definition) is 3. The highest BCUT2D eigenvalue weighted by atomic mass is 19.4. The van der Waals surface area contributed by atoms with Crippen molar-refractivity contribution in [1.82, 2.24) is 0 Å². The van der Waals surface area contributed by atoms with Crippen LogP contribution in [-0.4, -0.2) is 30.3 Å². The van der Waals surface area contributed by atoms with Crippen LogP contribution >= 0.6 is 0 Å². The van der Waals surface area contributed by atoms with Gasteiger partial charge in [0.25, 0.3) is 0 Å². The Morgan fingerprint density at radius 1 is 1.25 bits per heavy atom. The van der Waals surface area contributed by atoms with Crippen molar-refractivity contribution in [3.05, 3.63) is 29.6 Å². The van der Waals surface area contributed by atoms with Crippen LogP contribution < -0.4 is 4.74 Å². The number of aldehydes is 1. The molecule has 1 atom stereocenters. The maximum Gasteiger partial charge on any atom is 0.424 e. The van der Waals surface area contributed by atoms with Crippen LogP contribution in [0.1, 0.15) is 44.1 Å². The normalized spacial score (nSPS) is 20.2. The van der Waals surface area contributed by atoms with Crippen molar-refractivity contribution in [2.45, 2.75) is 55.7 Å². The molecule has 1 aliphatic carbocycles. The molecule has 0 spiro atoms. The van der Waals surface area contributed by atoms with E-state index in [4.69, 9.17) is 4.74 Å². The monoisotopic (exact) mass is 348 g/mol. The fourth-order valence-electron chi connectivity index (χ4n) is 3.63. The van der Waals surface area contributed by atoms with Gasteiger partial charge in [0.1, 0.15) is 0 Å². The van der Waals surface area contributed by atoms with Crippen molar-refractivity contribution in [3.63, 3.8) is 0 Å². The minimum absolute atomic E-state index is 0.130. The van der Waals surface area contributed by atoms with E-state index >= 15 is 0 Å². The van der Waals surface area contributed by atoms with Gasteiger partial charge in [-0.2, -0.15) is 13.2 Å². The molecule has 1 unspecified atom stereocenters.